The number of unbranched alkanes of at least 4 members (excludes halogenated alkanes) is 1. The second-order valence-corrected chi connectivity index (χ2v) is 15.6. The molecule has 0 radical (unpaired) electrons. The summed E-state index contributed by atoms with van der Waals surface area (Å²) in [6.45, 7) is 3.71. The number of carbonyl (C=O) groups is 10. The van der Waals surface area contributed by atoms with Crippen molar-refractivity contribution in [3.63, 3.8) is 0 Å². The van der Waals surface area contributed by atoms with E-state index in [9.17, 15) is 63.3 Å². The highest BCUT2D eigenvalue weighted by Gasteiger charge is 2.39. The number of carboxylic acid groups (broad SMARTS) is 1. The molecule has 1 aliphatic heterocycles. The van der Waals surface area contributed by atoms with Gasteiger partial charge in [-0.15, -0.1) is 0 Å². The molecule has 352 valence electrons. The molecule has 0 unspecified atom stereocenters. The molecule has 9 amide bonds. The summed E-state index contributed by atoms with van der Waals surface area (Å²) < 4.78 is 0. The van der Waals surface area contributed by atoms with Crippen LogP contribution in [-0.4, -0.2) is 172 Å². The van der Waals surface area contributed by atoms with Crippen molar-refractivity contribution in [2.24, 2.45) is 29.0 Å². The quantitative estimate of drug-likeness (QED) is 0.0325. The lowest BCUT2D eigenvalue weighted by Gasteiger charge is -2.30. The SMILES string of the molecule is CC(C)C[C@H](NC(=O)CNC(=O)[C@H](CCCCN)NC(=O)[C@H](CC(N)=O)NC(=O)[C@H](CO)NC(=O)[C@@H](N)C(C)C)C(=O)N1CCC[C@H]1C(=O)N[C@@H](CO)C(=O)N[C@@H](CO)C(=O)O. The van der Waals surface area contributed by atoms with Crippen LogP contribution in [0.1, 0.15) is 72.6 Å². The van der Waals surface area contributed by atoms with Gasteiger partial charge < -0.3 is 79.7 Å². The molecule has 0 spiro atoms. The van der Waals surface area contributed by atoms with Crippen LogP contribution < -0.4 is 54.4 Å². The third-order valence-electron chi connectivity index (χ3n) is 9.67. The number of nitrogens with one attached hydrogen (secondary N) is 7. The number of aliphatic hydroxyl groups excluding tert-OH is 3. The molecular formula is C37H65N11O14. The highest BCUT2D eigenvalue weighted by atomic mass is 16.4. The van der Waals surface area contributed by atoms with E-state index in [2.05, 4.69) is 31.9 Å². The van der Waals surface area contributed by atoms with Gasteiger partial charge in [-0.1, -0.05) is 27.7 Å². The van der Waals surface area contributed by atoms with Crippen LogP contribution in [0.25, 0.3) is 0 Å². The highest BCUT2D eigenvalue weighted by Crippen LogP contribution is 2.21. The first-order valence-corrected chi connectivity index (χ1v) is 20.3. The molecule has 0 bridgehead atoms. The fourth-order valence-electron chi connectivity index (χ4n) is 6.13. The molecule has 62 heavy (non-hydrogen) atoms. The van der Waals surface area contributed by atoms with Crippen LogP contribution in [0.5, 0.6) is 0 Å². The highest BCUT2D eigenvalue weighted by molar-refractivity contribution is 5.98. The fourth-order valence-corrected chi connectivity index (χ4v) is 6.13. The van der Waals surface area contributed by atoms with E-state index < -0.39 is 140 Å². The summed E-state index contributed by atoms with van der Waals surface area (Å²) in [5.41, 5.74) is 16.7. The van der Waals surface area contributed by atoms with Gasteiger partial charge in [0.25, 0.3) is 0 Å². The number of aliphatic hydroxyl groups is 3. The first kappa shape index (κ1) is 54.5. The number of carbonyl (C=O) groups excluding carboxylic acids is 9. The predicted molar refractivity (Wildman–Crippen MR) is 217 cm³/mol. The maximum Gasteiger partial charge on any atom is 0.328 e. The van der Waals surface area contributed by atoms with Crippen molar-refractivity contribution in [2.75, 3.05) is 39.5 Å². The lowest BCUT2D eigenvalue weighted by atomic mass is 10.0. The summed E-state index contributed by atoms with van der Waals surface area (Å²) in [6.07, 6.45) is 0.590. The Morgan fingerprint density at radius 1 is 0.677 bits per heavy atom. The van der Waals surface area contributed by atoms with Crippen molar-refractivity contribution in [1.29, 1.82) is 0 Å². The summed E-state index contributed by atoms with van der Waals surface area (Å²) in [5.74, 6) is -10.2. The van der Waals surface area contributed by atoms with E-state index in [0.29, 0.717) is 19.3 Å². The number of rotatable bonds is 28. The van der Waals surface area contributed by atoms with Gasteiger partial charge in [0.05, 0.1) is 38.8 Å². The summed E-state index contributed by atoms with van der Waals surface area (Å²) in [6, 6.07) is -11.3. The van der Waals surface area contributed by atoms with Gasteiger partial charge in [0.2, 0.25) is 53.2 Å². The third kappa shape index (κ3) is 18.2. The van der Waals surface area contributed by atoms with Crippen molar-refractivity contribution in [2.45, 2.75) is 121 Å². The molecule has 0 aromatic rings. The maximum atomic E-state index is 13.8. The molecule has 0 aliphatic carbocycles. The zero-order valence-corrected chi connectivity index (χ0v) is 35.5. The van der Waals surface area contributed by atoms with Crippen LogP contribution in [0.2, 0.25) is 0 Å². The molecule has 17 N–H and O–H groups in total. The van der Waals surface area contributed by atoms with Crippen molar-refractivity contribution >= 4 is 59.1 Å². The molecule has 0 aromatic carbocycles. The Morgan fingerprint density at radius 2 is 1.21 bits per heavy atom. The van der Waals surface area contributed by atoms with E-state index in [1.807, 2.05) is 5.32 Å². The number of nitrogens with zero attached hydrogens (tertiary/aromatic N) is 1. The minimum Gasteiger partial charge on any atom is -0.480 e. The number of carboxylic acids is 1. The van der Waals surface area contributed by atoms with Crippen LogP contribution in [0, 0.1) is 11.8 Å². The predicted octanol–water partition coefficient (Wildman–Crippen LogP) is -6.90. The first-order valence-electron chi connectivity index (χ1n) is 20.3. The molecule has 1 rings (SSSR count). The summed E-state index contributed by atoms with van der Waals surface area (Å²) in [5, 5.41) is 54.0. The molecule has 0 aromatic heterocycles. The second-order valence-electron chi connectivity index (χ2n) is 15.6. The number of hydrogen-bond acceptors (Lipinski definition) is 15. The van der Waals surface area contributed by atoms with Crippen molar-refractivity contribution in [3.05, 3.63) is 0 Å². The number of aliphatic carboxylic acids is 1. The lowest BCUT2D eigenvalue weighted by Crippen LogP contribution is -2.60. The third-order valence-corrected chi connectivity index (χ3v) is 9.67. The Labute approximate surface area is 358 Å². The van der Waals surface area contributed by atoms with Crippen molar-refractivity contribution in [1.82, 2.24) is 42.1 Å². The molecule has 0 saturated carbocycles. The molecule has 1 saturated heterocycles. The van der Waals surface area contributed by atoms with Gasteiger partial charge >= 0.3 is 5.97 Å². The van der Waals surface area contributed by atoms with E-state index in [-0.39, 0.29) is 44.2 Å². The van der Waals surface area contributed by atoms with Crippen LogP contribution in [-0.2, 0) is 47.9 Å². The number of nitrogens with two attached hydrogens (primary N) is 3. The van der Waals surface area contributed by atoms with Crippen molar-refractivity contribution in [3.8, 4) is 0 Å². The van der Waals surface area contributed by atoms with Gasteiger partial charge in [-0.05, 0) is 56.9 Å². The van der Waals surface area contributed by atoms with Crippen LogP contribution in [0.4, 0.5) is 0 Å². The Morgan fingerprint density at radius 3 is 1.73 bits per heavy atom. The molecule has 8 atom stereocenters. The van der Waals surface area contributed by atoms with Crippen LogP contribution in [0.15, 0.2) is 0 Å². The van der Waals surface area contributed by atoms with Crippen molar-refractivity contribution < 1.29 is 68.4 Å². The number of likely N-dealkylation sites (tertiary alicyclic amines) is 1. The van der Waals surface area contributed by atoms with E-state index in [4.69, 9.17) is 22.3 Å². The molecule has 25 nitrogen and oxygen atoms in total. The minimum atomic E-state index is -1.70. The van der Waals surface area contributed by atoms with Gasteiger partial charge in [-0.25, -0.2) is 4.79 Å². The Balaban J connectivity index is 3.11. The van der Waals surface area contributed by atoms with E-state index >= 15 is 0 Å². The Bertz CT molecular complexity index is 1580. The number of amides is 9. The topological polar surface area (TPSA) is 417 Å². The Hall–Kier alpha value is -5.50. The fraction of sp³-hybridized carbons (Fsp3) is 0.730. The molecule has 1 aliphatic rings. The Kier molecular flexibility index (Phi) is 24.1. The van der Waals surface area contributed by atoms with E-state index in [1.165, 1.54) is 4.90 Å². The van der Waals surface area contributed by atoms with Crippen LogP contribution >= 0.6 is 0 Å². The zero-order chi connectivity index (χ0) is 47.3. The van der Waals surface area contributed by atoms with Gasteiger partial charge in [0.1, 0.15) is 42.3 Å². The molecule has 25 heteroatoms. The maximum absolute atomic E-state index is 13.8. The molecule has 1 heterocycles. The summed E-state index contributed by atoms with van der Waals surface area (Å²) >= 11 is 0. The van der Waals surface area contributed by atoms with Gasteiger partial charge in [-0.2, -0.15) is 0 Å². The number of hydrogen-bond donors (Lipinski definition) is 14. The standard InChI is InChI=1S/C37H65N11O14/c1-18(2)12-22(36(60)48-11-7-9-26(48)34(58)45-23(15-49)33(57)47-25(17-51)37(61)62)42-28(53)14-41-30(54)20(8-5-6-10-38)43-31(55)21(13-27(39)52)44-32(56)24(16-50)46-35(59)29(40)19(3)4/h18-26,29,49-51H,5-17,38,40H2,1-4H3,(H2,39,52)(H,41,54)(H,42,53)(H,43,55)(H,44,56)(H,45,58)(H,46,59)(H,47,57)(H,61,62)/t20-,21-,22-,23-,24-,25-,26-,29-/m0/s1. The van der Waals surface area contributed by atoms with Gasteiger partial charge in [0.15, 0.2) is 0 Å². The smallest absolute Gasteiger partial charge is 0.328 e. The second kappa shape index (κ2) is 27.4. The van der Waals surface area contributed by atoms with E-state index in [1.54, 1.807) is 27.7 Å². The molecule has 1 fully saturated rings. The van der Waals surface area contributed by atoms with Crippen LogP contribution in [0.3, 0.4) is 0 Å². The largest absolute Gasteiger partial charge is 0.480 e. The molecular weight excluding hydrogens is 822 g/mol. The van der Waals surface area contributed by atoms with E-state index in [0.717, 1.165) is 0 Å². The summed E-state index contributed by atoms with van der Waals surface area (Å²) in [7, 11) is 0. The first-order chi connectivity index (χ1) is 29.1. The zero-order valence-electron chi connectivity index (χ0n) is 35.5. The average molecular weight is 888 g/mol. The lowest BCUT2D eigenvalue weighted by molar-refractivity contribution is -0.144. The monoisotopic (exact) mass is 887 g/mol. The number of primary amides is 1. The average Bonchev–Trinajstić information content (AvgIpc) is 3.71. The summed E-state index contributed by atoms with van der Waals surface area (Å²) in [4.78, 5) is 129. The van der Waals surface area contributed by atoms with Gasteiger partial charge in [0, 0.05) is 6.54 Å². The normalized spacial score (nSPS) is 17.0. The van der Waals surface area contributed by atoms with Gasteiger partial charge in [-0.3, -0.25) is 43.2 Å². The minimum absolute atomic E-state index is 0.0106.